The molecule has 0 fully saturated rings. The number of carbonyl (C=O) groups excluding carboxylic acids is 1. The summed E-state index contributed by atoms with van der Waals surface area (Å²) in [5, 5.41) is 3.41. The summed E-state index contributed by atoms with van der Waals surface area (Å²) in [6, 6.07) is 18.6. The number of nitrogens with one attached hydrogen (secondary N) is 1. The van der Waals surface area contributed by atoms with E-state index in [-0.39, 0.29) is 12.5 Å². The van der Waals surface area contributed by atoms with Gasteiger partial charge in [0.15, 0.2) is 0 Å². The second-order valence-corrected chi connectivity index (χ2v) is 9.91. The van der Waals surface area contributed by atoms with Gasteiger partial charge in [-0.05, 0) is 54.1 Å². The zero-order valence-corrected chi connectivity index (χ0v) is 21.2. The van der Waals surface area contributed by atoms with Crippen LogP contribution in [-0.2, 0) is 16.6 Å². The number of halogens is 1. The normalized spacial score (nSPS) is 11.0. The minimum Gasteiger partial charge on any atom is -0.497 e. The predicted molar refractivity (Wildman–Crippen MR) is 136 cm³/mol. The molecule has 0 spiro atoms. The number of ether oxygens (including phenoxy) is 3. The Hall–Kier alpha value is -3.43. The highest BCUT2D eigenvalue weighted by atomic mass is 35.5. The molecule has 3 rings (SSSR count). The first-order chi connectivity index (χ1) is 16.7. The van der Waals surface area contributed by atoms with E-state index >= 15 is 0 Å². The Morgan fingerprint density at radius 1 is 0.943 bits per heavy atom. The minimum atomic E-state index is -3.64. The molecule has 0 heterocycles. The second kappa shape index (κ2) is 11.8. The molecule has 0 aliphatic carbocycles. The first-order valence-corrected chi connectivity index (χ1v) is 12.9. The van der Waals surface area contributed by atoms with Gasteiger partial charge in [-0.15, -0.1) is 0 Å². The van der Waals surface area contributed by atoms with Crippen LogP contribution in [0, 0.1) is 0 Å². The van der Waals surface area contributed by atoms with Crippen LogP contribution in [0.5, 0.6) is 17.2 Å². The number of amides is 1. The van der Waals surface area contributed by atoms with Crippen molar-refractivity contribution in [1.82, 2.24) is 5.32 Å². The Morgan fingerprint density at radius 3 is 2.20 bits per heavy atom. The molecular formula is C25H27ClN2O6S. The molecule has 0 aliphatic heterocycles. The highest BCUT2D eigenvalue weighted by molar-refractivity contribution is 7.92. The van der Waals surface area contributed by atoms with Crippen molar-refractivity contribution < 1.29 is 27.4 Å². The van der Waals surface area contributed by atoms with Gasteiger partial charge in [0.1, 0.15) is 23.9 Å². The van der Waals surface area contributed by atoms with Crippen molar-refractivity contribution in [1.29, 1.82) is 0 Å². The number of carbonyl (C=O) groups is 1. The van der Waals surface area contributed by atoms with E-state index in [4.69, 9.17) is 25.8 Å². The molecule has 0 aromatic heterocycles. The largest absolute Gasteiger partial charge is 0.497 e. The molecule has 0 radical (unpaired) electrons. The molecule has 186 valence electrons. The van der Waals surface area contributed by atoms with Crippen molar-refractivity contribution in [2.45, 2.75) is 6.54 Å². The first-order valence-electron chi connectivity index (χ1n) is 10.7. The van der Waals surface area contributed by atoms with Crippen LogP contribution in [0.2, 0.25) is 5.02 Å². The maximum absolute atomic E-state index is 12.6. The minimum absolute atomic E-state index is 0.0548. The molecule has 0 bridgehead atoms. The third-order valence-corrected chi connectivity index (χ3v) is 6.45. The molecule has 3 aromatic carbocycles. The van der Waals surface area contributed by atoms with Crippen LogP contribution in [0.25, 0.3) is 0 Å². The van der Waals surface area contributed by atoms with Crippen LogP contribution in [-0.4, -0.2) is 48.0 Å². The van der Waals surface area contributed by atoms with Gasteiger partial charge in [-0.3, -0.25) is 9.10 Å². The number of sulfonamides is 1. The average Bonchev–Trinajstić information content (AvgIpc) is 2.85. The molecule has 8 nitrogen and oxygen atoms in total. The number of nitrogens with zero attached hydrogens (tertiary/aromatic N) is 1. The molecule has 35 heavy (non-hydrogen) atoms. The van der Waals surface area contributed by atoms with E-state index in [2.05, 4.69) is 5.32 Å². The van der Waals surface area contributed by atoms with Gasteiger partial charge in [-0.1, -0.05) is 23.7 Å². The summed E-state index contributed by atoms with van der Waals surface area (Å²) in [6.45, 7) is 0.678. The monoisotopic (exact) mass is 518 g/mol. The van der Waals surface area contributed by atoms with Crippen LogP contribution in [0.4, 0.5) is 5.69 Å². The van der Waals surface area contributed by atoms with E-state index in [1.54, 1.807) is 66.7 Å². The maximum Gasteiger partial charge on any atom is 0.251 e. The van der Waals surface area contributed by atoms with E-state index in [0.29, 0.717) is 52.2 Å². The number of rotatable bonds is 11. The third kappa shape index (κ3) is 7.27. The lowest BCUT2D eigenvalue weighted by Crippen LogP contribution is -2.30. The zero-order valence-electron chi connectivity index (χ0n) is 19.7. The van der Waals surface area contributed by atoms with Gasteiger partial charge in [-0.25, -0.2) is 8.42 Å². The molecule has 0 aliphatic rings. The second-order valence-electron chi connectivity index (χ2n) is 7.56. The summed E-state index contributed by atoms with van der Waals surface area (Å²) in [7, 11) is -0.667. The van der Waals surface area contributed by atoms with Crippen molar-refractivity contribution in [2.24, 2.45) is 0 Å². The molecule has 0 unspecified atom stereocenters. The summed E-state index contributed by atoms with van der Waals surface area (Å²) in [5.74, 6) is 1.30. The maximum atomic E-state index is 12.6. The fourth-order valence-electron chi connectivity index (χ4n) is 3.27. The average molecular weight is 519 g/mol. The number of benzene rings is 3. The molecule has 0 saturated carbocycles. The standard InChI is InChI=1S/C25H27ClN2O6S/c1-32-22-12-13-24(33-2)23(16-22)28(35(3,30)31)17-18-4-6-19(7-5-18)25(29)27-14-15-34-21-10-8-20(26)9-11-21/h4-13,16H,14-15,17H2,1-3H3,(H,27,29). The Labute approximate surface area is 210 Å². The summed E-state index contributed by atoms with van der Waals surface area (Å²) in [4.78, 5) is 12.4. The van der Waals surface area contributed by atoms with Gasteiger partial charge in [0.25, 0.3) is 5.91 Å². The third-order valence-electron chi connectivity index (χ3n) is 5.07. The quantitative estimate of drug-likeness (QED) is 0.383. The van der Waals surface area contributed by atoms with Gasteiger partial charge < -0.3 is 19.5 Å². The molecule has 10 heteroatoms. The highest BCUT2D eigenvalue weighted by Crippen LogP contribution is 2.34. The molecule has 0 saturated heterocycles. The molecule has 1 N–H and O–H groups in total. The lowest BCUT2D eigenvalue weighted by Gasteiger charge is -2.25. The molecule has 3 aromatic rings. The Kier molecular flexibility index (Phi) is 8.84. The lowest BCUT2D eigenvalue weighted by molar-refractivity contribution is 0.0947. The van der Waals surface area contributed by atoms with Crippen LogP contribution in [0.1, 0.15) is 15.9 Å². The first kappa shape index (κ1) is 26.2. The Bertz CT molecular complexity index is 1250. The zero-order chi connectivity index (χ0) is 25.4. The highest BCUT2D eigenvalue weighted by Gasteiger charge is 2.22. The predicted octanol–water partition coefficient (Wildman–Crippen LogP) is 4.13. The van der Waals surface area contributed by atoms with Gasteiger partial charge in [0.2, 0.25) is 10.0 Å². The van der Waals surface area contributed by atoms with Gasteiger partial charge in [0, 0.05) is 16.7 Å². The fraction of sp³-hybridized carbons (Fsp3) is 0.240. The van der Waals surface area contributed by atoms with Gasteiger partial charge >= 0.3 is 0 Å². The fourth-order valence-corrected chi connectivity index (χ4v) is 4.28. The Morgan fingerprint density at radius 2 is 1.60 bits per heavy atom. The van der Waals surface area contributed by atoms with Crippen LogP contribution >= 0.6 is 11.6 Å². The van der Waals surface area contributed by atoms with E-state index < -0.39 is 10.0 Å². The number of methoxy groups -OCH3 is 2. The molecule has 0 atom stereocenters. The summed E-state index contributed by atoms with van der Waals surface area (Å²) in [5.41, 5.74) is 1.50. The van der Waals surface area contributed by atoms with E-state index in [0.717, 1.165) is 6.26 Å². The van der Waals surface area contributed by atoms with Crippen molar-refractivity contribution in [3.05, 3.63) is 82.9 Å². The number of anilines is 1. The Balaban J connectivity index is 1.64. The van der Waals surface area contributed by atoms with Crippen LogP contribution < -0.4 is 23.8 Å². The molecular weight excluding hydrogens is 492 g/mol. The van der Waals surface area contributed by atoms with E-state index in [9.17, 15) is 13.2 Å². The topological polar surface area (TPSA) is 94.2 Å². The van der Waals surface area contributed by atoms with Crippen molar-refractivity contribution in [3.8, 4) is 17.2 Å². The smallest absolute Gasteiger partial charge is 0.251 e. The van der Waals surface area contributed by atoms with Crippen LogP contribution in [0.15, 0.2) is 66.7 Å². The summed E-state index contributed by atoms with van der Waals surface area (Å²) < 4.78 is 42.6. The van der Waals surface area contributed by atoms with Gasteiger partial charge in [-0.2, -0.15) is 0 Å². The lowest BCUT2D eigenvalue weighted by atomic mass is 10.1. The van der Waals surface area contributed by atoms with E-state index in [1.165, 1.54) is 18.5 Å². The summed E-state index contributed by atoms with van der Waals surface area (Å²) >= 11 is 5.84. The SMILES string of the molecule is COc1ccc(OC)c(N(Cc2ccc(C(=O)NCCOc3ccc(Cl)cc3)cc2)S(C)(=O)=O)c1. The number of hydrogen-bond acceptors (Lipinski definition) is 6. The van der Waals surface area contributed by atoms with Crippen LogP contribution in [0.3, 0.4) is 0 Å². The van der Waals surface area contributed by atoms with Crippen molar-refractivity contribution in [3.63, 3.8) is 0 Å². The van der Waals surface area contributed by atoms with Crippen molar-refractivity contribution >= 4 is 33.2 Å². The van der Waals surface area contributed by atoms with Gasteiger partial charge in [0.05, 0.1) is 39.3 Å². The summed E-state index contributed by atoms with van der Waals surface area (Å²) in [6.07, 6.45) is 1.12. The van der Waals surface area contributed by atoms with E-state index in [1.807, 2.05) is 0 Å². The molecule has 1 amide bonds. The number of hydrogen-bond donors (Lipinski definition) is 1. The van der Waals surface area contributed by atoms with Crippen molar-refractivity contribution in [2.75, 3.05) is 37.9 Å².